The molecule has 150 valence electrons. The van der Waals surface area contributed by atoms with Crippen LogP contribution in [0.1, 0.15) is 27.5 Å². The lowest BCUT2D eigenvalue weighted by Gasteiger charge is -2.23. The Kier molecular flexibility index (Phi) is 5.90. The van der Waals surface area contributed by atoms with Crippen LogP contribution < -0.4 is 0 Å². The molecule has 2 aromatic carbocycles. The van der Waals surface area contributed by atoms with E-state index in [1.165, 1.54) is 30.5 Å². The number of carboxylic acids is 1. The highest BCUT2D eigenvalue weighted by molar-refractivity contribution is 7.90. The summed E-state index contributed by atoms with van der Waals surface area (Å²) in [5, 5.41) is 19.9. The van der Waals surface area contributed by atoms with E-state index in [0.29, 0.717) is 11.1 Å². The van der Waals surface area contributed by atoms with Crippen LogP contribution in [0.4, 0.5) is 0 Å². The number of aromatic nitrogens is 1. The van der Waals surface area contributed by atoms with Gasteiger partial charge in [-0.3, -0.25) is 15.0 Å². The van der Waals surface area contributed by atoms with Crippen molar-refractivity contribution in [1.29, 1.82) is 0 Å². The molecular formula is C20H18N2O6S. The van der Waals surface area contributed by atoms with Gasteiger partial charge in [0, 0.05) is 11.6 Å². The smallest absolute Gasteiger partial charge is 0.335 e. The number of rotatable bonds is 8. The van der Waals surface area contributed by atoms with Gasteiger partial charge in [-0.2, -0.15) is 0 Å². The number of pyridine rings is 1. The molecule has 2 N–H and O–H groups in total. The molecule has 0 aliphatic carbocycles. The highest BCUT2D eigenvalue weighted by Crippen LogP contribution is 2.23. The number of fused-ring (bicyclic) bond motifs is 1. The number of carbonyl (C=O) groups excluding carboxylic acids is 1. The molecule has 0 bridgehead atoms. The van der Waals surface area contributed by atoms with Crippen LogP contribution in [-0.4, -0.2) is 46.9 Å². The Morgan fingerprint density at radius 1 is 1.14 bits per heavy atom. The van der Waals surface area contributed by atoms with Gasteiger partial charge >= 0.3 is 5.97 Å². The second-order valence-corrected chi connectivity index (χ2v) is 8.63. The summed E-state index contributed by atoms with van der Waals surface area (Å²) >= 11 is 0. The summed E-state index contributed by atoms with van der Waals surface area (Å²) in [6, 6.07) is 13.2. The first-order chi connectivity index (χ1) is 13.8. The molecule has 0 aliphatic heterocycles. The van der Waals surface area contributed by atoms with Gasteiger partial charge in [0.1, 0.15) is 0 Å². The first kappa shape index (κ1) is 20.4. The van der Waals surface area contributed by atoms with E-state index in [1.807, 2.05) is 24.3 Å². The monoisotopic (exact) mass is 414 g/mol. The van der Waals surface area contributed by atoms with Crippen LogP contribution in [0, 0.1) is 0 Å². The molecule has 0 aliphatic rings. The van der Waals surface area contributed by atoms with Crippen molar-refractivity contribution in [3.05, 3.63) is 77.5 Å². The van der Waals surface area contributed by atoms with Crippen LogP contribution in [0.3, 0.4) is 0 Å². The van der Waals surface area contributed by atoms with E-state index in [9.17, 15) is 23.2 Å². The van der Waals surface area contributed by atoms with Crippen LogP contribution in [0.5, 0.6) is 0 Å². The zero-order valence-electron chi connectivity index (χ0n) is 15.2. The number of aromatic carboxylic acids is 1. The van der Waals surface area contributed by atoms with Gasteiger partial charge < -0.3 is 5.11 Å². The highest BCUT2D eigenvalue weighted by Gasteiger charge is 2.26. The summed E-state index contributed by atoms with van der Waals surface area (Å²) in [6.07, 6.45) is 1.59. The van der Waals surface area contributed by atoms with E-state index in [1.54, 1.807) is 6.07 Å². The number of carbonyl (C=O) groups is 2. The number of hydroxylamine groups is 2. The molecule has 9 heteroatoms. The maximum Gasteiger partial charge on any atom is 0.335 e. The van der Waals surface area contributed by atoms with Crippen molar-refractivity contribution in [2.24, 2.45) is 0 Å². The third-order valence-electron chi connectivity index (χ3n) is 4.42. The average Bonchev–Trinajstić information content (AvgIpc) is 2.71. The van der Waals surface area contributed by atoms with Crippen LogP contribution in [-0.2, 0) is 20.4 Å². The minimum atomic E-state index is -3.75. The predicted molar refractivity (Wildman–Crippen MR) is 105 cm³/mol. The maximum atomic E-state index is 12.7. The Bertz CT molecular complexity index is 1150. The summed E-state index contributed by atoms with van der Waals surface area (Å²) < 4.78 is 25.5. The lowest BCUT2D eigenvalue weighted by Crippen LogP contribution is -2.30. The fourth-order valence-corrected chi connectivity index (χ4v) is 4.61. The van der Waals surface area contributed by atoms with Crippen LogP contribution in [0.15, 0.2) is 60.8 Å². The highest BCUT2D eigenvalue weighted by atomic mass is 32.2. The van der Waals surface area contributed by atoms with Gasteiger partial charge in [-0.15, -0.1) is 0 Å². The van der Waals surface area contributed by atoms with Crippen molar-refractivity contribution < 1.29 is 28.3 Å². The summed E-state index contributed by atoms with van der Waals surface area (Å²) in [4.78, 5) is 26.3. The molecule has 0 saturated heterocycles. The fraction of sp³-hybridized carbons (Fsp3) is 0.150. The van der Waals surface area contributed by atoms with Crippen molar-refractivity contribution in [3.63, 3.8) is 0 Å². The lowest BCUT2D eigenvalue weighted by atomic mass is 10.1. The summed E-state index contributed by atoms with van der Waals surface area (Å²) in [7, 11) is -3.75. The lowest BCUT2D eigenvalue weighted by molar-refractivity contribution is -0.158. The number of benzene rings is 2. The third kappa shape index (κ3) is 4.95. The third-order valence-corrected chi connectivity index (χ3v) is 6.01. The number of amides is 1. The summed E-state index contributed by atoms with van der Waals surface area (Å²) in [6.45, 7) is 0. The van der Waals surface area contributed by atoms with Crippen LogP contribution >= 0.6 is 0 Å². The second-order valence-electron chi connectivity index (χ2n) is 6.52. The molecule has 1 heterocycles. The topological polar surface area (TPSA) is 125 Å². The van der Waals surface area contributed by atoms with Crippen molar-refractivity contribution in [2.75, 3.05) is 5.75 Å². The largest absolute Gasteiger partial charge is 0.478 e. The minimum Gasteiger partial charge on any atom is -0.478 e. The van der Waals surface area contributed by atoms with Gasteiger partial charge in [0.2, 0.25) is 6.41 Å². The van der Waals surface area contributed by atoms with E-state index in [4.69, 9.17) is 5.11 Å². The molecule has 8 nitrogen and oxygen atoms in total. The maximum absolute atomic E-state index is 12.7. The zero-order chi connectivity index (χ0) is 21.0. The Labute approximate surface area is 166 Å². The average molecular weight is 414 g/mol. The number of hydrogen-bond donors (Lipinski definition) is 2. The van der Waals surface area contributed by atoms with E-state index in [0.717, 1.165) is 10.9 Å². The number of sulfone groups is 1. The Balaban J connectivity index is 1.85. The van der Waals surface area contributed by atoms with E-state index in [-0.39, 0.29) is 22.8 Å². The summed E-state index contributed by atoms with van der Waals surface area (Å²) in [5.74, 6) is -2.00. The van der Waals surface area contributed by atoms with Crippen molar-refractivity contribution in [1.82, 2.24) is 10.0 Å². The fourth-order valence-electron chi connectivity index (χ4n) is 3.00. The Hall–Kier alpha value is -3.30. The van der Waals surface area contributed by atoms with E-state index < -0.39 is 27.6 Å². The summed E-state index contributed by atoms with van der Waals surface area (Å²) in [5.41, 5.74) is 1.53. The molecule has 3 rings (SSSR count). The van der Waals surface area contributed by atoms with Crippen molar-refractivity contribution >= 4 is 33.1 Å². The number of hydrogen-bond acceptors (Lipinski definition) is 6. The van der Waals surface area contributed by atoms with Gasteiger partial charge in [-0.1, -0.05) is 30.3 Å². The first-order valence-electron chi connectivity index (χ1n) is 8.59. The molecule has 0 unspecified atom stereocenters. The zero-order valence-corrected chi connectivity index (χ0v) is 16.0. The van der Waals surface area contributed by atoms with Gasteiger partial charge in [-0.05, 0) is 35.4 Å². The minimum absolute atomic E-state index is 0.00758. The molecular weight excluding hydrogens is 396 g/mol. The van der Waals surface area contributed by atoms with Crippen molar-refractivity contribution in [2.45, 2.75) is 11.8 Å². The standard InChI is InChI=1S/C20H18N2O6S/c23-13-22(26)19(15-5-7-16(8-6-15)20(24)25)12-29(27,28)11-14-9-17-3-1-2-4-18(17)21-10-14/h1-10,13,19,26H,11-12H2,(H,24,25)/t19-/m1/s1. The molecule has 0 saturated carbocycles. The van der Waals surface area contributed by atoms with E-state index in [2.05, 4.69) is 4.98 Å². The van der Waals surface area contributed by atoms with Gasteiger partial charge in [0.25, 0.3) is 0 Å². The molecule has 0 spiro atoms. The molecule has 29 heavy (non-hydrogen) atoms. The molecule has 1 amide bonds. The molecule has 1 atom stereocenters. The van der Waals surface area contributed by atoms with Gasteiger partial charge in [0.05, 0.1) is 28.6 Å². The first-order valence-corrected chi connectivity index (χ1v) is 10.4. The Morgan fingerprint density at radius 2 is 1.83 bits per heavy atom. The number of nitrogens with zero attached hydrogens (tertiary/aromatic N) is 2. The van der Waals surface area contributed by atoms with E-state index >= 15 is 0 Å². The molecule has 3 aromatic rings. The number of carboxylic acid groups (broad SMARTS) is 1. The SMILES string of the molecule is O=CN(O)[C@H](CS(=O)(=O)Cc1cnc2ccccc2c1)c1ccc(C(=O)O)cc1. The van der Waals surface area contributed by atoms with Gasteiger partial charge in [-0.25, -0.2) is 18.3 Å². The molecule has 0 fully saturated rings. The van der Waals surface area contributed by atoms with Gasteiger partial charge in [0.15, 0.2) is 9.84 Å². The molecule has 0 radical (unpaired) electrons. The van der Waals surface area contributed by atoms with Crippen molar-refractivity contribution in [3.8, 4) is 0 Å². The van der Waals surface area contributed by atoms with Crippen LogP contribution in [0.25, 0.3) is 10.9 Å². The molecule has 1 aromatic heterocycles. The normalized spacial score (nSPS) is 12.4. The van der Waals surface area contributed by atoms with Crippen LogP contribution in [0.2, 0.25) is 0 Å². The second kappa shape index (κ2) is 8.38. The predicted octanol–water partition coefficient (Wildman–Crippen LogP) is 2.44. The number of para-hydroxylation sites is 1. The Morgan fingerprint density at radius 3 is 2.48 bits per heavy atom. The quantitative estimate of drug-likeness (QED) is 0.329.